The first-order chi connectivity index (χ1) is 8.32. The number of hydrogen-bond donors (Lipinski definition) is 2. The Balaban J connectivity index is 3.59. The Morgan fingerprint density at radius 3 is 2.50 bits per heavy atom. The van der Waals surface area contributed by atoms with Gasteiger partial charge in [0, 0.05) is 12.8 Å². The zero-order valence-electron chi connectivity index (χ0n) is 10.1. The normalized spacial score (nSPS) is 13.1. The second-order valence-electron chi connectivity index (χ2n) is 3.78. The number of ether oxygens (including phenoxy) is 1. The summed E-state index contributed by atoms with van der Waals surface area (Å²) in [4.78, 5) is 11.0. The Morgan fingerprint density at radius 2 is 2.11 bits per heavy atom. The van der Waals surface area contributed by atoms with Crippen molar-refractivity contribution >= 4 is 15.8 Å². The molecule has 0 saturated heterocycles. The molecule has 18 heavy (non-hydrogen) atoms. The topological polar surface area (TPSA) is 107 Å². The Labute approximate surface area is 105 Å². The number of carbonyl (C=O) groups is 1. The van der Waals surface area contributed by atoms with E-state index >= 15 is 0 Å². The van der Waals surface area contributed by atoms with Gasteiger partial charge < -0.3 is 15.6 Å². The molecule has 0 saturated carbocycles. The SMILES string of the molecule is COc1cccc(C(CN)C(=O)O)c1S(C)(=O)=O. The molecule has 0 fully saturated rings. The van der Waals surface area contributed by atoms with E-state index in [0.717, 1.165) is 6.26 Å². The lowest BCUT2D eigenvalue weighted by Crippen LogP contribution is -2.23. The fourth-order valence-electron chi connectivity index (χ4n) is 1.73. The third kappa shape index (κ3) is 2.80. The molecule has 7 heteroatoms. The Bertz CT molecular complexity index is 553. The summed E-state index contributed by atoms with van der Waals surface area (Å²) in [5, 5.41) is 9.06. The van der Waals surface area contributed by atoms with Gasteiger partial charge in [0.05, 0.1) is 13.0 Å². The summed E-state index contributed by atoms with van der Waals surface area (Å²) < 4.78 is 28.5. The van der Waals surface area contributed by atoms with Crippen molar-refractivity contribution < 1.29 is 23.1 Å². The molecule has 0 bridgehead atoms. The van der Waals surface area contributed by atoms with E-state index in [1.807, 2.05) is 0 Å². The van der Waals surface area contributed by atoms with E-state index in [0.29, 0.717) is 0 Å². The lowest BCUT2D eigenvalue weighted by atomic mass is 9.99. The Morgan fingerprint density at radius 1 is 1.50 bits per heavy atom. The van der Waals surface area contributed by atoms with Crippen molar-refractivity contribution in [1.82, 2.24) is 0 Å². The van der Waals surface area contributed by atoms with Crippen LogP contribution >= 0.6 is 0 Å². The zero-order valence-corrected chi connectivity index (χ0v) is 10.9. The van der Waals surface area contributed by atoms with Gasteiger partial charge >= 0.3 is 5.97 Å². The van der Waals surface area contributed by atoms with E-state index < -0.39 is 21.7 Å². The minimum absolute atomic E-state index is 0.120. The van der Waals surface area contributed by atoms with Gasteiger partial charge in [0.2, 0.25) is 0 Å². The molecule has 0 aliphatic heterocycles. The van der Waals surface area contributed by atoms with Crippen LogP contribution in [0.4, 0.5) is 0 Å². The summed E-state index contributed by atoms with van der Waals surface area (Å²) in [5.41, 5.74) is 5.54. The number of methoxy groups -OCH3 is 1. The number of benzene rings is 1. The van der Waals surface area contributed by atoms with Crippen LogP contribution in [-0.2, 0) is 14.6 Å². The fourth-order valence-corrected chi connectivity index (χ4v) is 2.88. The van der Waals surface area contributed by atoms with Gasteiger partial charge in [-0.2, -0.15) is 0 Å². The van der Waals surface area contributed by atoms with E-state index in [1.165, 1.54) is 25.3 Å². The lowest BCUT2D eigenvalue weighted by Gasteiger charge is -2.16. The maximum absolute atomic E-state index is 11.8. The van der Waals surface area contributed by atoms with Gasteiger partial charge in [0.1, 0.15) is 10.6 Å². The maximum Gasteiger partial charge on any atom is 0.312 e. The molecule has 100 valence electrons. The second kappa shape index (κ2) is 5.36. The third-order valence-corrected chi connectivity index (χ3v) is 3.69. The molecule has 0 aliphatic carbocycles. The molecule has 1 aromatic rings. The second-order valence-corrected chi connectivity index (χ2v) is 5.73. The van der Waals surface area contributed by atoms with E-state index in [-0.39, 0.29) is 22.8 Å². The number of carboxylic acids is 1. The van der Waals surface area contributed by atoms with Crippen LogP contribution in [0.15, 0.2) is 23.1 Å². The van der Waals surface area contributed by atoms with Crippen LogP contribution in [0.2, 0.25) is 0 Å². The number of carboxylic acid groups (broad SMARTS) is 1. The fraction of sp³-hybridized carbons (Fsp3) is 0.364. The van der Waals surface area contributed by atoms with E-state index in [9.17, 15) is 13.2 Å². The van der Waals surface area contributed by atoms with Crippen LogP contribution < -0.4 is 10.5 Å². The molecule has 0 aliphatic rings. The molecule has 1 rings (SSSR count). The van der Waals surface area contributed by atoms with Crippen molar-refractivity contribution in [2.75, 3.05) is 19.9 Å². The molecular formula is C11H15NO5S. The first-order valence-electron chi connectivity index (χ1n) is 5.12. The van der Waals surface area contributed by atoms with Gasteiger partial charge in [-0.3, -0.25) is 4.79 Å². The summed E-state index contributed by atoms with van der Waals surface area (Å²) in [6.45, 7) is -0.189. The van der Waals surface area contributed by atoms with Crippen LogP contribution in [0.1, 0.15) is 11.5 Å². The molecule has 0 spiro atoms. The first-order valence-corrected chi connectivity index (χ1v) is 7.02. The number of rotatable bonds is 5. The van der Waals surface area contributed by atoms with Crippen molar-refractivity contribution in [3.05, 3.63) is 23.8 Å². The molecule has 6 nitrogen and oxygen atoms in total. The van der Waals surface area contributed by atoms with Crippen molar-refractivity contribution in [1.29, 1.82) is 0 Å². The Kier molecular flexibility index (Phi) is 4.31. The number of sulfone groups is 1. The van der Waals surface area contributed by atoms with Crippen LogP contribution in [0.3, 0.4) is 0 Å². The highest BCUT2D eigenvalue weighted by Crippen LogP contribution is 2.32. The van der Waals surface area contributed by atoms with Gasteiger partial charge in [-0.15, -0.1) is 0 Å². The minimum Gasteiger partial charge on any atom is -0.495 e. The molecule has 0 aromatic heterocycles. The van der Waals surface area contributed by atoms with Crippen molar-refractivity contribution in [2.45, 2.75) is 10.8 Å². The summed E-state index contributed by atoms with van der Waals surface area (Å²) >= 11 is 0. The van der Waals surface area contributed by atoms with Crippen molar-refractivity contribution in [3.8, 4) is 5.75 Å². The van der Waals surface area contributed by atoms with E-state index in [2.05, 4.69) is 0 Å². The van der Waals surface area contributed by atoms with Crippen LogP contribution in [0.25, 0.3) is 0 Å². The number of hydrogen-bond acceptors (Lipinski definition) is 5. The van der Waals surface area contributed by atoms with Gasteiger partial charge in [0.25, 0.3) is 0 Å². The molecule has 3 N–H and O–H groups in total. The first kappa shape index (κ1) is 14.5. The van der Waals surface area contributed by atoms with Crippen molar-refractivity contribution in [3.63, 3.8) is 0 Å². The highest BCUT2D eigenvalue weighted by Gasteiger charge is 2.27. The quantitative estimate of drug-likeness (QED) is 0.795. The summed E-state index contributed by atoms with van der Waals surface area (Å²) in [7, 11) is -2.28. The third-order valence-electron chi connectivity index (χ3n) is 2.51. The number of aliphatic carboxylic acids is 1. The standard InChI is InChI=1S/C11H15NO5S/c1-17-9-5-3-4-7(8(6-12)11(13)14)10(9)18(2,15)16/h3-5,8H,6,12H2,1-2H3,(H,13,14). The van der Waals surface area contributed by atoms with Crippen LogP contribution in [0.5, 0.6) is 5.75 Å². The predicted molar refractivity (Wildman–Crippen MR) is 65.5 cm³/mol. The molecule has 1 atom stereocenters. The average molecular weight is 273 g/mol. The molecule has 0 radical (unpaired) electrons. The largest absolute Gasteiger partial charge is 0.495 e. The molecule has 0 heterocycles. The predicted octanol–water partition coefficient (Wildman–Crippen LogP) is 0.226. The number of nitrogens with two attached hydrogens (primary N) is 1. The maximum atomic E-state index is 11.8. The minimum atomic E-state index is -3.61. The molecule has 0 amide bonds. The smallest absolute Gasteiger partial charge is 0.312 e. The van der Waals surface area contributed by atoms with Crippen LogP contribution in [-0.4, -0.2) is 39.4 Å². The molecule has 1 unspecified atom stereocenters. The molecular weight excluding hydrogens is 258 g/mol. The van der Waals surface area contributed by atoms with E-state index in [1.54, 1.807) is 0 Å². The average Bonchev–Trinajstić information content (AvgIpc) is 2.27. The van der Waals surface area contributed by atoms with Gasteiger partial charge in [-0.05, 0) is 11.6 Å². The zero-order chi connectivity index (χ0) is 13.9. The summed E-state index contributed by atoms with van der Waals surface area (Å²) in [6, 6.07) is 4.44. The monoisotopic (exact) mass is 273 g/mol. The highest BCUT2D eigenvalue weighted by molar-refractivity contribution is 7.90. The highest BCUT2D eigenvalue weighted by atomic mass is 32.2. The Hall–Kier alpha value is -1.60. The van der Waals surface area contributed by atoms with Gasteiger partial charge in [-0.1, -0.05) is 12.1 Å². The van der Waals surface area contributed by atoms with E-state index in [4.69, 9.17) is 15.6 Å². The van der Waals surface area contributed by atoms with Crippen LogP contribution in [0, 0.1) is 0 Å². The van der Waals surface area contributed by atoms with Crippen molar-refractivity contribution in [2.24, 2.45) is 5.73 Å². The summed E-state index contributed by atoms with van der Waals surface area (Å²) in [6.07, 6.45) is 1.00. The lowest BCUT2D eigenvalue weighted by molar-refractivity contribution is -0.138. The van der Waals surface area contributed by atoms with Gasteiger partial charge in [-0.25, -0.2) is 8.42 Å². The molecule has 1 aromatic carbocycles. The summed E-state index contributed by atoms with van der Waals surface area (Å²) in [5.74, 6) is -2.13. The van der Waals surface area contributed by atoms with Gasteiger partial charge in [0.15, 0.2) is 9.84 Å².